The summed E-state index contributed by atoms with van der Waals surface area (Å²) in [7, 11) is 0. The van der Waals surface area contributed by atoms with Crippen molar-refractivity contribution in [3.8, 4) is 11.1 Å². The fraction of sp³-hybridized carbons (Fsp3) is 0. The number of benzene rings is 4. The summed E-state index contributed by atoms with van der Waals surface area (Å²) in [5.74, 6) is 0. The molecule has 0 aliphatic rings. The van der Waals surface area contributed by atoms with Crippen molar-refractivity contribution in [2.75, 3.05) is 0 Å². The van der Waals surface area contributed by atoms with Gasteiger partial charge in [0.25, 0.3) is 0 Å². The molecular formula is C22H15N. The predicted molar refractivity (Wildman–Crippen MR) is 98.7 cm³/mol. The molecule has 0 spiro atoms. The molecule has 0 saturated heterocycles. The quantitative estimate of drug-likeness (QED) is 0.382. The lowest BCUT2D eigenvalue weighted by molar-refractivity contribution is 1.55. The molecule has 0 bridgehead atoms. The van der Waals surface area contributed by atoms with Crippen molar-refractivity contribution in [3.63, 3.8) is 0 Å². The van der Waals surface area contributed by atoms with E-state index in [1.807, 2.05) is 0 Å². The maximum absolute atomic E-state index is 3.58. The normalized spacial score (nSPS) is 11.5. The number of rotatable bonds is 1. The molecule has 4 aromatic carbocycles. The maximum atomic E-state index is 3.58. The lowest BCUT2D eigenvalue weighted by atomic mass is 10.0. The molecule has 108 valence electrons. The van der Waals surface area contributed by atoms with E-state index >= 15 is 0 Å². The third kappa shape index (κ3) is 1.94. The van der Waals surface area contributed by atoms with Crippen LogP contribution in [0.5, 0.6) is 0 Å². The first-order chi connectivity index (χ1) is 11.4. The Balaban J connectivity index is 1.80. The number of hydrogen-bond donors (Lipinski definition) is 1. The van der Waals surface area contributed by atoms with Gasteiger partial charge in [0.15, 0.2) is 0 Å². The van der Waals surface area contributed by atoms with E-state index in [0.717, 1.165) is 0 Å². The first kappa shape index (κ1) is 12.5. The second kappa shape index (κ2) is 4.72. The van der Waals surface area contributed by atoms with Crippen molar-refractivity contribution in [3.05, 3.63) is 84.9 Å². The summed E-state index contributed by atoms with van der Waals surface area (Å²) in [4.78, 5) is 3.58. The Labute approximate surface area is 134 Å². The molecule has 0 unspecified atom stereocenters. The molecule has 0 amide bonds. The van der Waals surface area contributed by atoms with Crippen LogP contribution in [0.4, 0.5) is 0 Å². The van der Waals surface area contributed by atoms with Gasteiger partial charge in [-0.15, -0.1) is 0 Å². The fourth-order valence-corrected chi connectivity index (χ4v) is 3.40. The average molecular weight is 293 g/mol. The Bertz CT molecular complexity index is 1150. The van der Waals surface area contributed by atoms with E-state index in [2.05, 4.69) is 89.9 Å². The molecule has 1 N–H and O–H groups in total. The molecule has 1 aromatic heterocycles. The van der Waals surface area contributed by atoms with Gasteiger partial charge in [-0.3, -0.25) is 0 Å². The zero-order chi connectivity index (χ0) is 15.2. The largest absolute Gasteiger partial charge is 0.354 e. The summed E-state index contributed by atoms with van der Waals surface area (Å²) in [6, 6.07) is 30.2. The first-order valence-corrected chi connectivity index (χ1v) is 7.88. The zero-order valence-electron chi connectivity index (χ0n) is 12.6. The Hall–Kier alpha value is -3.06. The molecule has 0 saturated carbocycles. The van der Waals surface area contributed by atoms with Gasteiger partial charge in [-0.2, -0.15) is 0 Å². The molecule has 0 aliphatic carbocycles. The number of aromatic amines is 1. The molecule has 5 rings (SSSR count). The highest BCUT2D eigenvalue weighted by atomic mass is 14.7. The maximum Gasteiger partial charge on any atom is 0.0471 e. The average Bonchev–Trinajstić information content (AvgIpc) is 2.97. The van der Waals surface area contributed by atoms with E-state index in [0.29, 0.717) is 0 Å². The molecule has 5 aromatic rings. The van der Waals surface area contributed by atoms with Crippen LogP contribution >= 0.6 is 0 Å². The molecule has 0 aliphatic heterocycles. The summed E-state index contributed by atoms with van der Waals surface area (Å²) in [5, 5.41) is 5.13. The SMILES string of the molecule is c1ccc(-c2ccc3c(c2)[nH]c2cc4ccccc4cc23)cc1. The van der Waals surface area contributed by atoms with E-state index in [1.165, 1.54) is 43.7 Å². The number of aromatic nitrogens is 1. The number of hydrogen-bond acceptors (Lipinski definition) is 0. The van der Waals surface area contributed by atoms with Crippen LogP contribution in [-0.2, 0) is 0 Å². The summed E-state index contributed by atoms with van der Waals surface area (Å²) in [6.45, 7) is 0. The Kier molecular flexibility index (Phi) is 2.56. The smallest absolute Gasteiger partial charge is 0.0471 e. The second-order valence-electron chi connectivity index (χ2n) is 6.00. The highest BCUT2D eigenvalue weighted by Gasteiger charge is 2.07. The minimum atomic E-state index is 1.19. The molecule has 0 fully saturated rings. The van der Waals surface area contributed by atoms with Gasteiger partial charge in [0.05, 0.1) is 0 Å². The highest BCUT2D eigenvalue weighted by Crippen LogP contribution is 2.32. The molecule has 0 radical (unpaired) electrons. The Morgan fingerprint density at radius 1 is 0.478 bits per heavy atom. The van der Waals surface area contributed by atoms with Gasteiger partial charge in [0, 0.05) is 21.8 Å². The van der Waals surface area contributed by atoms with E-state index in [9.17, 15) is 0 Å². The van der Waals surface area contributed by atoms with Gasteiger partial charge in [0.1, 0.15) is 0 Å². The molecular weight excluding hydrogens is 278 g/mol. The van der Waals surface area contributed by atoms with Crippen LogP contribution in [0.15, 0.2) is 84.9 Å². The van der Waals surface area contributed by atoms with Crippen molar-refractivity contribution >= 4 is 32.6 Å². The molecule has 1 heterocycles. The molecule has 23 heavy (non-hydrogen) atoms. The van der Waals surface area contributed by atoms with E-state index < -0.39 is 0 Å². The van der Waals surface area contributed by atoms with Gasteiger partial charge in [0.2, 0.25) is 0 Å². The monoisotopic (exact) mass is 293 g/mol. The zero-order valence-corrected chi connectivity index (χ0v) is 12.6. The highest BCUT2D eigenvalue weighted by molar-refractivity contribution is 6.12. The van der Waals surface area contributed by atoms with Crippen molar-refractivity contribution in [1.82, 2.24) is 4.98 Å². The van der Waals surface area contributed by atoms with Crippen LogP contribution in [0.25, 0.3) is 43.7 Å². The fourth-order valence-electron chi connectivity index (χ4n) is 3.40. The van der Waals surface area contributed by atoms with E-state index in [-0.39, 0.29) is 0 Å². The number of fused-ring (bicyclic) bond motifs is 4. The van der Waals surface area contributed by atoms with Crippen molar-refractivity contribution in [2.45, 2.75) is 0 Å². The van der Waals surface area contributed by atoms with Gasteiger partial charge < -0.3 is 4.98 Å². The summed E-state index contributed by atoms with van der Waals surface area (Å²) in [6.07, 6.45) is 0. The lowest BCUT2D eigenvalue weighted by Crippen LogP contribution is -1.77. The number of nitrogens with one attached hydrogen (secondary N) is 1. The first-order valence-electron chi connectivity index (χ1n) is 7.88. The molecule has 0 atom stereocenters. The Morgan fingerprint density at radius 3 is 2.00 bits per heavy atom. The van der Waals surface area contributed by atoms with E-state index in [4.69, 9.17) is 0 Å². The Morgan fingerprint density at radius 2 is 1.17 bits per heavy atom. The topological polar surface area (TPSA) is 15.8 Å². The van der Waals surface area contributed by atoms with Crippen LogP contribution in [0, 0.1) is 0 Å². The van der Waals surface area contributed by atoms with Crippen LogP contribution < -0.4 is 0 Å². The standard InChI is InChI=1S/C22H15N/c1-2-6-15(7-3-1)18-10-11-19-20-12-16-8-4-5-9-17(16)13-22(20)23-21(19)14-18/h1-14,23H. The lowest BCUT2D eigenvalue weighted by Gasteiger charge is -2.01. The van der Waals surface area contributed by atoms with Crippen LogP contribution in [0.3, 0.4) is 0 Å². The summed E-state index contributed by atoms with van der Waals surface area (Å²) < 4.78 is 0. The van der Waals surface area contributed by atoms with Crippen LogP contribution in [-0.4, -0.2) is 4.98 Å². The van der Waals surface area contributed by atoms with Crippen LogP contribution in [0.2, 0.25) is 0 Å². The van der Waals surface area contributed by atoms with Gasteiger partial charge in [-0.25, -0.2) is 0 Å². The van der Waals surface area contributed by atoms with Gasteiger partial charge in [-0.1, -0.05) is 66.7 Å². The van der Waals surface area contributed by atoms with Crippen LogP contribution in [0.1, 0.15) is 0 Å². The molecule has 1 heteroatoms. The number of H-pyrrole nitrogens is 1. The molecule has 1 nitrogen and oxygen atoms in total. The van der Waals surface area contributed by atoms with Crippen molar-refractivity contribution in [1.29, 1.82) is 0 Å². The minimum absolute atomic E-state index is 1.19. The van der Waals surface area contributed by atoms with Gasteiger partial charge >= 0.3 is 0 Å². The second-order valence-corrected chi connectivity index (χ2v) is 6.00. The predicted octanol–water partition coefficient (Wildman–Crippen LogP) is 6.14. The third-order valence-corrected chi connectivity index (χ3v) is 4.57. The summed E-state index contributed by atoms with van der Waals surface area (Å²) in [5.41, 5.74) is 4.88. The van der Waals surface area contributed by atoms with E-state index in [1.54, 1.807) is 0 Å². The summed E-state index contributed by atoms with van der Waals surface area (Å²) >= 11 is 0. The third-order valence-electron chi connectivity index (χ3n) is 4.57. The minimum Gasteiger partial charge on any atom is -0.354 e. The van der Waals surface area contributed by atoms with Crippen molar-refractivity contribution in [2.24, 2.45) is 0 Å². The van der Waals surface area contributed by atoms with Crippen molar-refractivity contribution < 1.29 is 0 Å². The van der Waals surface area contributed by atoms with Gasteiger partial charge in [-0.05, 0) is 40.1 Å².